The summed E-state index contributed by atoms with van der Waals surface area (Å²) in [6.07, 6.45) is 0. The lowest BCUT2D eigenvalue weighted by molar-refractivity contribution is -0.114. The number of carbonyl (C=O) groups excluding carboxylic acids is 2. The fraction of sp³-hybridized carbons (Fsp3) is 0.0909. The van der Waals surface area contributed by atoms with Gasteiger partial charge in [0.25, 0.3) is 11.7 Å². The zero-order chi connectivity index (χ0) is 13.6. The Labute approximate surface area is 125 Å². The molecule has 0 spiro atoms. The standard InChI is InChI=1S/C11H5BrClN3O2S/c12-5-1-2-6-8(3-5)16(11(18)9(6)17)4-7-10(13)19-15-14-7/h1-3H,4H2. The Morgan fingerprint density at radius 3 is 2.84 bits per heavy atom. The molecule has 96 valence electrons. The van der Waals surface area contributed by atoms with E-state index < -0.39 is 11.7 Å². The molecule has 0 N–H and O–H groups in total. The van der Waals surface area contributed by atoms with Crippen LogP contribution in [-0.4, -0.2) is 21.3 Å². The van der Waals surface area contributed by atoms with Crippen LogP contribution in [0.5, 0.6) is 0 Å². The van der Waals surface area contributed by atoms with Crippen LogP contribution in [0.25, 0.3) is 0 Å². The molecule has 1 amide bonds. The quantitative estimate of drug-likeness (QED) is 0.774. The zero-order valence-corrected chi connectivity index (χ0v) is 12.4. The Balaban J connectivity index is 2.04. The summed E-state index contributed by atoms with van der Waals surface area (Å²) < 4.78 is 4.92. The highest BCUT2D eigenvalue weighted by Gasteiger charge is 2.36. The Kier molecular flexibility index (Phi) is 3.12. The summed E-state index contributed by atoms with van der Waals surface area (Å²) in [6.45, 7) is 0.142. The van der Waals surface area contributed by atoms with Crippen LogP contribution in [-0.2, 0) is 11.3 Å². The maximum absolute atomic E-state index is 12.0. The molecule has 0 atom stereocenters. The second kappa shape index (κ2) is 4.66. The fourth-order valence-electron chi connectivity index (χ4n) is 1.87. The van der Waals surface area contributed by atoms with E-state index in [1.807, 2.05) is 0 Å². The van der Waals surface area contributed by atoms with Gasteiger partial charge in [-0.25, -0.2) is 0 Å². The van der Waals surface area contributed by atoms with Crippen molar-refractivity contribution in [2.75, 3.05) is 4.90 Å². The van der Waals surface area contributed by atoms with Gasteiger partial charge in [-0.1, -0.05) is 32.0 Å². The fourth-order valence-corrected chi connectivity index (χ4v) is 2.83. The van der Waals surface area contributed by atoms with E-state index in [1.54, 1.807) is 18.2 Å². The van der Waals surface area contributed by atoms with Gasteiger partial charge >= 0.3 is 0 Å². The van der Waals surface area contributed by atoms with Gasteiger partial charge in [0.05, 0.1) is 17.8 Å². The van der Waals surface area contributed by atoms with E-state index in [0.717, 1.165) is 16.0 Å². The summed E-state index contributed by atoms with van der Waals surface area (Å²) >= 11 is 10.3. The lowest BCUT2D eigenvalue weighted by atomic mass is 10.1. The van der Waals surface area contributed by atoms with Crippen molar-refractivity contribution >= 4 is 56.4 Å². The first-order valence-electron chi connectivity index (χ1n) is 5.20. The molecule has 2 heterocycles. The number of nitrogens with zero attached hydrogens (tertiary/aromatic N) is 3. The summed E-state index contributed by atoms with van der Waals surface area (Å²) in [5.74, 6) is -1.08. The highest BCUT2D eigenvalue weighted by Crippen LogP contribution is 2.33. The maximum Gasteiger partial charge on any atom is 0.299 e. The second-order valence-electron chi connectivity index (χ2n) is 3.88. The number of halogens is 2. The van der Waals surface area contributed by atoms with Gasteiger partial charge in [-0.15, -0.1) is 5.10 Å². The van der Waals surface area contributed by atoms with Crippen LogP contribution in [0.2, 0.25) is 4.34 Å². The summed E-state index contributed by atoms with van der Waals surface area (Å²) in [5, 5.41) is 3.85. The van der Waals surface area contributed by atoms with Gasteiger partial charge in [-0.2, -0.15) is 0 Å². The van der Waals surface area contributed by atoms with Crippen molar-refractivity contribution < 1.29 is 9.59 Å². The molecule has 0 unspecified atom stereocenters. The predicted molar refractivity (Wildman–Crippen MR) is 74.6 cm³/mol. The van der Waals surface area contributed by atoms with Crippen molar-refractivity contribution in [3.63, 3.8) is 0 Å². The van der Waals surface area contributed by atoms with E-state index in [-0.39, 0.29) is 6.54 Å². The number of Topliss-reactive ketones (excluding diaryl/α,β-unsaturated/α-hetero) is 1. The van der Waals surface area contributed by atoms with Crippen molar-refractivity contribution in [1.82, 2.24) is 9.59 Å². The molecule has 3 rings (SSSR count). The van der Waals surface area contributed by atoms with Crippen molar-refractivity contribution in [2.24, 2.45) is 0 Å². The number of ketones is 1. The number of hydrogen-bond acceptors (Lipinski definition) is 5. The van der Waals surface area contributed by atoms with Crippen LogP contribution in [0, 0.1) is 0 Å². The van der Waals surface area contributed by atoms with Crippen LogP contribution in [0.4, 0.5) is 5.69 Å². The lowest BCUT2D eigenvalue weighted by Crippen LogP contribution is -2.29. The maximum atomic E-state index is 12.0. The number of hydrogen-bond donors (Lipinski definition) is 0. The Bertz CT molecular complexity index is 703. The Morgan fingerprint density at radius 1 is 1.37 bits per heavy atom. The third-order valence-electron chi connectivity index (χ3n) is 2.75. The van der Waals surface area contributed by atoms with Gasteiger partial charge in [-0.3, -0.25) is 14.5 Å². The van der Waals surface area contributed by atoms with Gasteiger partial charge in [0, 0.05) is 16.0 Å². The minimum atomic E-state index is -0.572. The average molecular weight is 359 g/mol. The number of anilines is 1. The minimum absolute atomic E-state index is 0.142. The van der Waals surface area contributed by atoms with Crippen LogP contribution in [0.3, 0.4) is 0 Å². The van der Waals surface area contributed by atoms with Crippen LogP contribution >= 0.6 is 39.1 Å². The van der Waals surface area contributed by atoms with Crippen LogP contribution < -0.4 is 4.90 Å². The second-order valence-corrected chi connectivity index (χ2v) is 6.15. The number of benzene rings is 1. The highest BCUT2D eigenvalue weighted by atomic mass is 79.9. The molecule has 0 radical (unpaired) electrons. The van der Waals surface area contributed by atoms with E-state index in [4.69, 9.17) is 11.6 Å². The number of fused-ring (bicyclic) bond motifs is 1. The Hall–Kier alpha value is -1.31. The molecule has 0 aliphatic carbocycles. The third-order valence-corrected chi connectivity index (χ3v) is 4.23. The van der Waals surface area contributed by atoms with E-state index >= 15 is 0 Å². The Morgan fingerprint density at radius 2 is 2.16 bits per heavy atom. The molecular weight excluding hydrogens is 354 g/mol. The van der Waals surface area contributed by atoms with Gasteiger partial charge in [0.15, 0.2) is 0 Å². The molecule has 0 bridgehead atoms. The topological polar surface area (TPSA) is 63.2 Å². The van der Waals surface area contributed by atoms with E-state index in [0.29, 0.717) is 21.3 Å². The molecule has 0 saturated carbocycles. The first kappa shape index (κ1) is 12.7. The third kappa shape index (κ3) is 2.07. The molecule has 1 aromatic carbocycles. The average Bonchev–Trinajstić information content (AvgIpc) is 2.88. The molecule has 5 nitrogen and oxygen atoms in total. The molecule has 0 saturated heterocycles. The molecule has 19 heavy (non-hydrogen) atoms. The van der Waals surface area contributed by atoms with Crippen LogP contribution in [0.1, 0.15) is 16.1 Å². The predicted octanol–water partition coefficient (Wildman–Crippen LogP) is 2.68. The highest BCUT2D eigenvalue weighted by molar-refractivity contribution is 9.10. The van der Waals surface area contributed by atoms with E-state index in [1.165, 1.54) is 4.90 Å². The van der Waals surface area contributed by atoms with Gasteiger partial charge in [-0.05, 0) is 18.2 Å². The van der Waals surface area contributed by atoms with E-state index in [2.05, 4.69) is 25.5 Å². The van der Waals surface area contributed by atoms with Crippen molar-refractivity contribution in [3.05, 3.63) is 38.3 Å². The molecule has 0 fully saturated rings. The van der Waals surface area contributed by atoms with Crippen molar-refractivity contribution in [1.29, 1.82) is 0 Å². The molecule has 1 aliphatic heterocycles. The number of amides is 1. The van der Waals surface area contributed by atoms with Gasteiger partial charge in [0.1, 0.15) is 10.0 Å². The summed E-state index contributed by atoms with van der Waals surface area (Å²) in [5.41, 5.74) is 1.45. The lowest BCUT2D eigenvalue weighted by Gasteiger charge is -2.15. The molecule has 2 aromatic rings. The monoisotopic (exact) mass is 357 g/mol. The first-order chi connectivity index (χ1) is 9.08. The first-order valence-corrected chi connectivity index (χ1v) is 7.15. The van der Waals surface area contributed by atoms with Crippen LogP contribution in [0.15, 0.2) is 22.7 Å². The minimum Gasteiger partial charge on any atom is -0.299 e. The van der Waals surface area contributed by atoms with E-state index in [9.17, 15) is 9.59 Å². The largest absolute Gasteiger partial charge is 0.299 e. The number of rotatable bonds is 2. The molecule has 1 aliphatic rings. The SMILES string of the molecule is O=C1C(=O)N(Cc2nnsc2Cl)c2cc(Br)ccc21. The summed E-state index contributed by atoms with van der Waals surface area (Å²) in [4.78, 5) is 25.2. The molecular formula is C11H5BrClN3O2S. The number of carbonyl (C=O) groups is 2. The number of aromatic nitrogens is 2. The molecule has 1 aromatic heterocycles. The normalized spacial score (nSPS) is 14.1. The summed E-state index contributed by atoms with van der Waals surface area (Å²) in [6, 6.07) is 5.08. The zero-order valence-electron chi connectivity index (χ0n) is 9.26. The van der Waals surface area contributed by atoms with Gasteiger partial charge < -0.3 is 0 Å². The smallest absolute Gasteiger partial charge is 0.299 e. The van der Waals surface area contributed by atoms with Crippen molar-refractivity contribution in [3.8, 4) is 0 Å². The molecule has 8 heteroatoms. The van der Waals surface area contributed by atoms with Gasteiger partial charge in [0.2, 0.25) is 0 Å². The van der Waals surface area contributed by atoms with Crippen molar-refractivity contribution in [2.45, 2.75) is 6.54 Å². The summed E-state index contributed by atoms with van der Waals surface area (Å²) in [7, 11) is 0.